The summed E-state index contributed by atoms with van der Waals surface area (Å²) in [6.07, 6.45) is 0. The molecule has 1 aliphatic heterocycles. The first-order valence-corrected chi connectivity index (χ1v) is 7.06. The molecule has 0 radical (unpaired) electrons. The van der Waals surface area contributed by atoms with Crippen molar-refractivity contribution in [2.24, 2.45) is 0 Å². The number of nitrogens with one attached hydrogen (secondary N) is 1. The number of hydrazine groups is 1. The number of ether oxygens (including phenoxy) is 1. The van der Waals surface area contributed by atoms with Crippen molar-refractivity contribution in [2.45, 2.75) is 18.1 Å². The van der Waals surface area contributed by atoms with Gasteiger partial charge in [-0.25, -0.2) is 5.01 Å². The molecule has 0 aromatic heterocycles. The number of carbonyl (C=O) groups excluding carboxylic acids is 1. The Bertz CT molecular complexity index is 405. The molecule has 2 atom stereocenters. The molecular formula is C14H20N2O2S. The Morgan fingerprint density at radius 1 is 1.32 bits per heavy atom. The molecule has 5 heteroatoms. The van der Waals surface area contributed by atoms with E-state index < -0.39 is 0 Å². The lowest BCUT2D eigenvalue weighted by atomic mass is 9.95. The minimum Gasteiger partial charge on any atom is -0.379 e. The van der Waals surface area contributed by atoms with Gasteiger partial charge in [0.05, 0.1) is 19.1 Å². The minimum atomic E-state index is -0.243. The molecule has 0 aliphatic carbocycles. The number of morpholine rings is 1. The van der Waals surface area contributed by atoms with Crippen LogP contribution in [0.25, 0.3) is 0 Å². The molecule has 1 aromatic carbocycles. The van der Waals surface area contributed by atoms with Gasteiger partial charge in [-0.2, -0.15) is 12.6 Å². The van der Waals surface area contributed by atoms with E-state index in [4.69, 9.17) is 4.74 Å². The van der Waals surface area contributed by atoms with Crippen molar-refractivity contribution >= 4 is 18.5 Å². The topological polar surface area (TPSA) is 41.6 Å². The first kappa shape index (κ1) is 14.4. The third kappa shape index (κ3) is 3.96. The molecule has 2 unspecified atom stereocenters. The summed E-state index contributed by atoms with van der Waals surface area (Å²) in [5.74, 6) is -0.247. The number of benzene rings is 1. The van der Waals surface area contributed by atoms with Crippen LogP contribution < -0.4 is 5.43 Å². The number of rotatable bonds is 4. The van der Waals surface area contributed by atoms with Crippen LogP contribution in [0.4, 0.5) is 0 Å². The van der Waals surface area contributed by atoms with Crippen LogP contribution in [0, 0.1) is 0 Å². The molecule has 1 saturated heterocycles. The zero-order valence-electron chi connectivity index (χ0n) is 11.1. The Kier molecular flexibility index (Phi) is 5.24. The van der Waals surface area contributed by atoms with E-state index in [0.29, 0.717) is 13.2 Å². The highest BCUT2D eigenvalue weighted by Gasteiger charge is 2.26. The fourth-order valence-electron chi connectivity index (χ4n) is 2.21. The van der Waals surface area contributed by atoms with Gasteiger partial charge in [0.2, 0.25) is 5.91 Å². The second-order valence-corrected chi connectivity index (χ2v) is 5.52. The molecule has 104 valence electrons. The van der Waals surface area contributed by atoms with Crippen molar-refractivity contribution in [1.82, 2.24) is 10.4 Å². The van der Waals surface area contributed by atoms with E-state index >= 15 is 0 Å². The first-order valence-electron chi connectivity index (χ1n) is 6.54. The Morgan fingerprint density at radius 2 is 1.95 bits per heavy atom. The molecule has 1 amide bonds. The van der Waals surface area contributed by atoms with Crippen LogP contribution in [0.5, 0.6) is 0 Å². The quantitative estimate of drug-likeness (QED) is 0.820. The second kappa shape index (κ2) is 6.93. The van der Waals surface area contributed by atoms with Gasteiger partial charge in [-0.3, -0.25) is 10.2 Å². The number of hydrogen-bond acceptors (Lipinski definition) is 4. The second-order valence-electron chi connectivity index (χ2n) is 4.70. The van der Waals surface area contributed by atoms with E-state index in [-0.39, 0.29) is 17.1 Å². The van der Waals surface area contributed by atoms with Crippen LogP contribution in [0.1, 0.15) is 18.4 Å². The molecule has 19 heavy (non-hydrogen) atoms. The van der Waals surface area contributed by atoms with Gasteiger partial charge < -0.3 is 4.74 Å². The minimum absolute atomic E-state index is 0.00407. The van der Waals surface area contributed by atoms with Gasteiger partial charge in [0.15, 0.2) is 0 Å². The number of amides is 1. The average Bonchev–Trinajstić information content (AvgIpc) is 2.40. The Labute approximate surface area is 119 Å². The lowest BCUT2D eigenvalue weighted by Gasteiger charge is -2.29. The zero-order valence-corrected chi connectivity index (χ0v) is 12.0. The highest BCUT2D eigenvalue weighted by atomic mass is 32.1. The Hall–Kier alpha value is -1.04. The van der Waals surface area contributed by atoms with Gasteiger partial charge in [-0.05, 0) is 5.56 Å². The van der Waals surface area contributed by atoms with Crippen molar-refractivity contribution in [1.29, 1.82) is 0 Å². The predicted octanol–water partition coefficient (Wildman–Crippen LogP) is 1.45. The van der Waals surface area contributed by atoms with Gasteiger partial charge in [0, 0.05) is 18.3 Å². The molecule has 0 saturated carbocycles. The largest absolute Gasteiger partial charge is 0.379 e. The van der Waals surface area contributed by atoms with Crippen molar-refractivity contribution in [2.75, 3.05) is 26.3 Å². The standard InChI is InChI=1S/C14H20N2O2S/c1-11(19)13(12-5-3-2-4-6-12)14(17)15-16-7-9-18-10-8-16/h2-6,11,13,19H,7-10H2,1H3,(H,15,17). The first-order chi connectivity index (χ1) is 9.18. The Balaban J connectivity index is 2.04. The fraction of sp³-hybridized carbons (Fsp3) is 0.500. The van der Waals surface area contributed by atoms with E-state index in [2.05, 4.69) is 18.1 Å². The summed E-state index contributed by atoms with van der Waals surface area (Å²) in [6, 6.07) is 9.77. The molecule has 0 spiro atoms. The average molecular weight is 280 g/mol. The SMILES string of the molecule is CC(S)C(C(=O)NN1CCOCC1)c1ccccc1. The number of carbonyl (C=O) groups is 1. The van der Waals surface area contributed by atoms with E-state index in [0.717, 1.165) is 18.7 Å². The molecule has 0 bridgehead atoms. The van der Waals surface area contributed by atoms with Crippen LogP contribution >= 0.6 is 12.6 Å². The summed E-state index contributed by atoms with van der Waals surface area (Å²) >= 11 is 4.46. The van der Waals surface area contributed by atoms with Crippen LogP contribution in [-0.2, 0) is 9.53 Å². The molecule has 1 heterocycles. The van der Waals surface area contributed by atoms with Gasteiger partial charge in [0.1, 0.15) is 0 Å². The van der Waals surface area contributed by atoms with Crippen molar-refractivity contribution in [3.8, 4) is 0 Å². The maximum Gasteiger partial charge on any atom is 0.242 e. The van der Waals surface area contributed by atoms with E-state index in [1.54, 1.807) is 0 Å². The van der Waals surface area contributed by atoms with Crippen LogP contribution in [0.2, 0.25) is 0 Å². The van der Waals surface area contributed by atoms with Crippen molar-refractivity contribution in [3.05, 3.63) is 35.9 Å². The summed E-state index contributed by atoms with van der Waals surface area (Å²) in [4.78, 5) is 12.4. The van der Waals surface area contributed by atoms with Crippen molar-refractivity contribution in [3.63, 3.8) is 0 Å². The van der Waals surface area contributed by atoms with E-state index in [9.17, 15) is 4.79 Å². The summed E-state index contributed by atoms with van der Waals surface area (Å²) < 4.78 is 5.27. The van der Waals surface area contributed by atoms with E-state index in [1.165, 1.54) is 0 Å². The summed E-state index contributed by atoms with van der Waals surface area (Å²) in [7, 11) is 0. The number of nitrogens with zero attached hydrogens (tertiary/aromatic N) is 1. The number of thiol groups is 1. The van der Waals surface area contributed by atoms with E-state index in [1.807, 2.05) is 42.3 Å². The van der Waals surface area contributed by atoms with Gasteiger partial charge in [-0.1, -0.05) is 37.3 Å². The van der Waals surface area contributed by atoms with Crippen LogP contribution in [0.3, 0.4) is 0 Å². The summed E-state index contributed by atoms with van der Waals surface area (Å²) in [5.41, 5.74) is 3.96. The predicted molar refractivity (Wildman–Crippen MR) is 78.2 cm³/mol. The van der Waals surface area contributed by atoms with Gasteiger partial charge in [0.25, 0.3) is 0 Å². The molecule has 4 nitrogen and oxygen atoms in total. The maximum atomic E-state index is 12.4. The third-order valence-electron chi connectivity index (χ3n) is 3.20. The molecule has 1 fully saturated rings. The summed E-state index contributed by atoms with van der Waals surface area (Å²) in [6.45, 7) is 4.72. The highest BCUT2D eigenvalue weighted by molar-refractivity contribution is 7.81. The number of hydrogen-bond donors (Lipinski definition) is 2. The molecule has 2 rings (SSSR count). The molecule has 1 aliphatic rings. The highest BCUT2D eigenvalue weighted by Crippen LogP contribution is 2.23. The Morgan fingerprint density at radius 3 is 2.53 bits per heavy atom. The van der Waals surface area contributed by atoms with Crippen LogP contribution in [-0.4, -0.2) is 42.5 Å². The molecular weight excluding hydrogens is 260 g/mol. The lowest BCUT2D eigenvalue weighted by Crippen LogP contribution is -2.50. The van der Waals surface area contributed by atoms with Crippen molar-refractivity contribution < 1.29 is 9.53 Å². The van der Waals surface area contributed by atoms with Crippen LogP contribution in [0.15, 0.2) is 30.3 Å². The normalized spacial score (nSPS) is 19.7. The van der Waals surface area contributed by atoms with Gasteiger partial charge in [-0.15, -0.1) is 0 Å². The molecule has 1 N–H and O–H groups in total. The molecule has 1 aromatic rings. The smallest absolute Gasteiger partial charge is 0.242 e. The zero-order chi connectivity index (χ0) is 13.7. The summed E-state index contributed by atoms with van der Waals surface area (Å²) in [5, 5.41) is 1.88. The maximum absolute atomic E-state index is 12.4. The fourth-order valence-corrected chi connectivity index (χ4v) is 2.52. The van der Waals surface area contributed by atoms with Gasteiger partial charge >= 0.3 is 0 Å². The lowest BCUT2D eigenvalue weighted by molar-refractivity contribution is -0.129. The monoisotopic (exact) mass is 280 g/mol. The third-order valence-corrected chi connectivity index (χ3v) is 3.50.